The van der Waals surface area contributed by atoms with Gasteiger partial charge in [-0.2, -0.15) is 4.98 Å². The van der Waals surface area contributed by atoms with Crippen molar-refractivity contribution in [3.05, 3.63) is 66.9 Å². The Morgan fingerprint density at radius 1 is 0.966 bits per heavy atom. The molecular weight excluding hydrogens is 388 g/mol. The number of rotatable bonds is 10. The summed E-state index contributed by atoms with van der Waals surface area (Å²) < 4.78 is 17.7. The number of carboxylic acid groups (broad SMARTS) is 1. The highest BCUT2D eigenvalue weighted by atomic mass is 32.2. The molecule has 0 saturated heterocycles. The van der Waals surface area contributed by atoms with Crippen molar-refractivity contribution >= 4 is 17.1 Å². The first-order valence-corrected chi connectivity index (χ1v) is 10.6. The molecule has 0 saturated carbocycles. The van der Waals surface area contributed by atoms with E-state index in [0.717, 1.165) is 16.8 Å². The standard InChI is InChI=1S/C22H22N2O4S/c25-20(26)16-28-13-7-8-14-29(27)19-15-23-21(17-9-3-1-4-10-17)22(24-19)18-11-5-2-6-12-18/h1-6,9-12,15H,7-8,13-14,16H2,(H,25,26). The quantitative estimate of drug-likeness (QED) is 0.403. The van der Waals surface area contributed by atoms with Crippen LogP contribution in [0.2, 0.25) is 0 Å². The van der Waals surface area contributed by atoms with E-state index in [1.165, 1.54) is 0 Å². The summed E-state index contributed by atoms with van der Waals surface area (Å²) in [6.45, 7) is 0.0212. The van der Waals surface area contributed by atoms with Gasteiger partial charge in [0.2, 0.25) is 0 Å². The first-order valence-electron chi connectivity index (χ1n) is 9.31. The normalized spacial score (nSPS) is 11.9. The fraction of sp³-hybridized carbons (Fsp3) is 0.227. The summed E-state index contributed by atoms with van der Waals surface area (Å²) in [5.74, 6) is -0.569. The van der Waals surface area contributed by atoms with Gasteiger partial charge in [0.05, 0.1) is 5.69 Å². The van der Waals surface area contributed by atoms with Gasteiger partial charge in [0.1, 0.15) is 24.3 Å². The van der Waals surface area contributed by atoms with Gasteiger partial charge in [0.25, 0.3) is 5.03 Å². The Morgan fingerprint density at radius 2 is 1.59 bits per heavy atom. The average molecular weight is 410 g/mol. The van der Waals surface area contributed by atoms with Crippen molar-refractivity contribution in [2.24, 2.45) is 0 Å². The summed E-state index contributed by atoms with van der Waals surface area (Å²) in [4.78, 5) is 19.7. The predicted molar refractivity (Wildman–Crippen MR) is 112 cm³/mol. The second kappa shape index (κ2) is 10.7. The van der Waals surface area contributed by atoms with Crippen LogP contribution in [0.1, 0.15) is 12.8 Å². The molecule has 0 aliphatic heterocycles. The van der Waals surface area contributed by atoms with Crippen LogP contribution in [-0.2, 0) is 20.7 Å². The van der Waals surface area contributed by atoms with E-state index in [0.29, 0.717) is 35.9 Å². The van der Waals surface area contributed by atoms with Gasteiger partial charge in [-0.25, -0.2) is 9.78 Å². The SMILES string of the molecule is O=C(O)COCCCC[S+]([O-])c1cnc(-c2ccccc2)c(-c2ccccc2)n1. The molecule has 7 heteroatoms. The number of hydrogen-bond acceptors (Lipinski definition) is 5. The molecule has 1 atom stereocenters. The van der Waals surface area contributed by atoms with Gasteiger partial charge in [0, 0.05) is 28.9 Å². The van der Waals surface area contributed by atoms with E-state index >= 15 is 0 Å². The van der Waals surface area contributed by atoms with Crippen molar-refractivity contribution in [3.8, 4) is 22.5 Å². The van der Waals surface area contributed by atoms with Gasteiger partial charge >= 0.3 is 5.97 Å². The number of benzene rings is 2. The van der Waals surface area contributed by atoms with Gasteiger partial charge in [-0.3, -0.25) is 0 Å². The molecule has 0 amide bonds. The van der Waals surface area contributed by atoms with Crippen molar-refractivity contribution in [2.75, 3.05) is 19.0 Å². The van der Waals surface area contributed by atoms with E-state index in [-0.39, 0.29) is 6.61 Å². The van der Waals surface area contributed by atoms with Crippen molar-refractivity contribution < 1.29 is 19.2 Å². The Kier molecular flexibility index (Phi) is 7.75. The molecular formula is C22H22N2O4S. The molecule has 0 aliphatic rings. The Bertz CT molecular complexity index is 923. The summed E-state index contributed by atoms with van der Waals surface area (Å²) in [5, 5.41) is 8.98. The highest BCUT2D eigenvalue weighted by Gasteiger charge is 2.18. The van der Waals surface area contributed by atoms with Crippen LogP contribution in [0.3, 0.4) is 0 Å². The Balaban J connectivity index is 1.74. The second-order valence-corrected chi connectivity index (χ2v) is 7.86. The smallest absolute Gasteiger partial charge is 0.329 e. The van der Waals surface area contributed by atoms with Crippen LogP contribution in [0.5, 0.6) is 0 Å². The van der Waals surface area contributed by atoms with Crippen LogP contribution in [0, 0.1) is 0 Å². The molecule has 3 rings (SSSR count). The minimum Gasteiger partial charge on any atom is -0.610 e. The maximum Gasteiger partial charge on any atom is 0.329 e. The van der Waals surface area contributed by atoms with E-state index in [1.54, 1.807) is 6.20 Å². The predicted octanol–water partition coefficient (Wildman–Crippen LogP) is 3.80. The van der Waals surface area contributed by atoms with Crippen LogP contribution >= 0.6 is 0 Å². The number of carboxylic acids is 1. The number of carbonyl (C=O) groups is 1. The minimum absolute atomic E-state index is 0.310. The number of nitrogens with zero attached hydrogens (tertiary/aromatic N) is 2. The third kappa shape index (κ3) is 6.12. The van der Waals surface area contributed by atoms with E-state index in [9.17, 15) is 9.35 Å². The van der Waals surface area contributed by atoms with E-state index in [2.05, 4.69) is 9.97 Å². The van der Waals surface area contributed by atoms with Gasteiger partial charge in [-0.1, -0.05) is 60.7 Å². The van der Waals surface area contributed by atoms with Crippen LogP contribution in [-0.4, -0.2) is 44.6 Å². The topological polar surface area (TPSA) is 95.4 Å². The van der Waals surface area contributed by atoms with Crippen molar-refractivity contribution in [3.63, 3.8) is 0 Å². The first kappa shape index (κ1) is 21.0. The Labute approximate surface area is 172 Å². The van der Waals surface area contributed by atoms with Crippen LogP contribution in [0.25, 0.3) is 22.5 Å². The molecule has 0 spiro atoms. The first-order chi connectivity index (χ1) is 14.1. The Morgan fingerprint density at radius 3 is 2.21 bits per heavy atom. The third-order valence-corrected chi connectivity index (χ3v) is 5.49. The number of hydrogen-bond donors (Lipinski definition) is 1. The minimum atomic E-state index is -1.29. The largest absolute Gasteiger partial charge is 0.610 e. The number of aromatic nitrogens is 2. The molecule has 0 fully saturated rings. The second-order valence-electron chi connectivity index (χ2n) is 6.34. The third-order valence-electron chi connectivity index (χ3n) is 4.17. The maximum absolute atomic E-state index is 12.7. The lowest BCUT2D eigenvalue weighted by Crippen LogP contribution is -2.12. The molecule has 3 aromatic rings. The summed E-state index contributed by atoms with van der Waals surface area (Å²) in [7, 11) is 0. The Hall–Kier alpha value is -2.74. The molecule has 0 aliphatic carbocycles. The lowest BCUT2D eigenvalue weighted by molar-refractivity contribution is -0.142. The fourth-order valence-corrected chi connectivity index (χ4v) is 3.83. The van der Waals surface area contributed by atoms with Crippen LogP contribution < -0.4 is 0 Å². The molecule has 1 heterocycles. The summed E-state index contributed by atoms with van der Waals surface area (Å²) >= 11 is -1.29. The molecule has 1 unspecified atom stereocenters. The molecule has 6 nitrogen and oxygen atoms in total. The van der Waals surface area contributed by atoms with E-state index < -0.39 is 17.1 Å². The van der Waals surface area contributed by atoms with Gasteiger partial charge in [0.15, 0.2) is 0 Å². The zero-order valence-electron chi connectivity index (χ0n) is 15.9. The zero-order valence-corrected chi connectivity index (χ0v) is 16.7. The monoisotopic (exact) mass is 410 g/mol. The molecule has 1 N–H and O–H groups in total. The molecule has 150 valence electrons. The van der Waals surface area contributed by atoms with Gasteiger partial charge in [-0.05, 0) is 12.8 Å². The van der Waals surface area contributed by atoms with Crippen molar-refractivity contribution in [1.29, 1.82) is 0 Å². The van der Waals surface area contributed by atoms with Crippen LogP contribution in [0.4, 0.5) is 0 Å². The van der Waals surface area contributed by atoms with Crippen molar-refractivity contribution in [2.45, 2.75) is 17.9 Å². The number of aliphatic carboxylic acids is 1. The summed E-state index contributed by atoms with van der Waals surface area (Å²) in [6.07, 6.45) is 2.86. The lowest BCUT2D eigenvalue weighted by Gasteiger charge is -2.13. The zero-order chi connectivity index (χ0) is 20.5. The fourth-order valence-electron chi connectivity index (χ4n) is 2.79. The highest BCUT2D eigenvalue weighted by Crippen LogP contribution is 2.29. The van der Waals surface area contributed by atoms with E-state index in [1.807, 2.05) is 60.7 Å². The van der Waals surface area contributed by atoms with Crippen LogP contribution in [0.15, 0.2) is 71.9 Å². The molecule has 2 aromatic carbocycles. The molecule has 1 aromatic heterocycles. The summed E-state index contributed by atoms with van der Waals surface area (Å²) in [5.41, 5.74) is 3.32. The average Bonchev–Trinajstić information content (AvgIpc) is 2.76. The maximum atomic E-state index is 12.7. The highest BCUT2D eigenvalue weighted by molar-refractivity contribution is 7.91. The molecule has 0 radical (unpaired) electrons. The van der Waals surface area contributed by atoms with Gasteiger partial charge in [-0.15, -0.1) is 0 Å². The van der Waals surface area contributed by atoms with Gasteiger partial charge < -0.3 is 14.4 Å². The molecule has 29 heavy (non-hydrogen) atoms. The van der Waals surface area contributed by atoms with Crippen molar-refractivity contribution in [1.82, 2.24) is 9.97 Å². The molecule has 0 bridgehead atoms. The number of ether oxygens (including phenoxy) is 1. The number of unbranched alkanes of at least 4 members (excludes halogenated alkanes) is 1. The lowest BCUT2D eigenvalue weighted by atomic mass is 10.0. The summed E-state index contributed by atoms with van der Waals surface area (Å²) in [6, 6.07) is 19.5. The van der Waals surface area contributed by atoms with E-state index in [4.69, 9.17) is 9.84 Å².